The molecule has 0 bridgehead atoms. The minimum absolute atomic E-state index is 0.161. The molecule has 2 heterocycles. The van der Waals surface area contributed by atoms with Crippen molar-refractivity contribution in [3.63, 3.8) is 0 Å². The molecule has 0 spiro atoms. The van der Waals surface area contributed by atoms with Gasteiger partial charge >= 0.3 is 0 Å². The van der Waals surface area contributed by atoms with Gasteiger partial charge in [0.25, 0.3) is 6.43 Å². The van der Waals surface area contributed by atoms with Crippen LogP contribution in [0.25, 0.3) is 10.9 Å². The summed E-state index contributed by atoms with van der Waals surface area (Å²) in [6.07, 6.45) is -1.54. The minimum atomic E-state index is -2.65. The maximum Gasteiger partial charge on any atom is 0.265 e. The topological polar surface area (TPSA) is 56.5 Å². The maximum absolute atomic E-state index is 13.2. The van der Waals surface area contributed by atoms with Gasteiger partial charge in [0.1, 0.15) is 12.2 Å². The highest BCUT2D eigenvalue weighted by Gasteiger charge is 2.21. The lowest BCUT2D eigenvalue weighted by molar-refractivity contribution is 0.0850. The Morgan fingerprint density at radius 1 is 1.33 bits per heavy atom. The fourth-order valence-electron chi connectivity index (χ4n) is 2.45. The summed E-state index contributed by atoms with van der Waals surface area (Å²) < 4.78 is 39.1. The van der Waals surface area contributed by atoms with E-state index in [2.05, 4.69) is 24.6 Å². The summed E-state index contributed by atoms with van der Waals surface area (Å²) in [4.78, 5) is 3.97. The number of nitrogens with zero attached hydrogens (tertiary/aromatic N) is 2. The molecule has 0 unspecified atom stereocenters. The predicted octanol–water partition coefficient (Wildman–Crippen LogP) is 3.79. The third kappa shape index (κ3) is 4.11. The van der Waals surface area contributed by atoms with Gasteiger partial charge in [-0.1, -0.05) is 19.6 Å². The Balaban J connectivity index is 2.38. The van der Waals surface area contributed by atoms with Gasteiger partial charge in [-0.2, -0.15) is 0 Å². The van der Waals surface area contributed by atoms with Crippen LogP contribution in [0.2, 0.25) is 25.7 Å². The first kappa shape index (κ1) is 18.8. The Morgan fingerprint density at radius 2 is 2.04 bits per heavy atom. The third-order valence-electron chi connectivity index (χ3n) is 3.82. The van der Waals surface area contributed by atoms with Crippen molar-refractivity contribution in [1.82, 2.24) is 9.55 Å². The monoisotopic (exact) mass is 358 g/mol. The first-order chi connectivity index (χ1) is 11.3. The molecule has 8 heteroatoms. The number of pyridine rings is 1. The van der Waals surface area contributed by atoms with Crippen LogP contribution in [0.4, 0.5) is 8.78 Å². The number of hydrogen-bond acceptors (Lipinski definition) is 4. The minimum Gasteiger partial charge on any atom is -0.479 e. The van der Waals surface area contributed by atoms with Crippen molar-refractivity contribution in [2.45, 2.75) is 45.4 Å². The van der Waals surface area contributed by atoms with Crippen LogP contribution in [0.1, 0.15) is 17.7 Å². The number of hydrogen-bond donors (Lipinski definition) is 1. The second-order valence-electron chi connectivity index (χ2n) is 6.86. The number of aliphatic hydroxyl groups is 1. The number of aliphatic hydroxyl groups excluding tert-OH is 1. The highest BCUT2D eigenvalue weighted by atomic mass is 28.3. The SMILES string of the molecule is COc1ncc(C(F)F)c2cc(CO)n(COCC[Si](C)(C)C)c12. The highest BCUT2D eigenvalue weighted by Crippen LogP contribution is 2.34. The van der Waals surface area contributed by atoms with E-state index in [1.165, 1.54) is 7.11 Å². The van der Waals surface area contributed by atoms with Crippen LogP contribution in [-0.4, -0.2) is 36.4 Å². The normalized spacial score (nSPS) is 12.3. The maximum atomic E-state index is 13.2. The summed E-state index contributed by atoms with van der Waals surface area (Å²) >= 11 is 0. The van der Waals surface area contributed by atoms with Gasteiger partial charge in [-0.25, -0.2) is 13.8 Å². The fraction of sp³-hybridized carbons (Fsp3) is 0.562. The van der Waals surface area contributed by atoms with Crippen molar-refractivity contribution in [2.75, 3.05) is 13.7 Å². The second kappa shape index (κ2) is 7.58. The number of fused-ring (bicyclic) bond motifs is 1. The third-order valence-corrected chi connectivity index (χ3v) is 5.53. The molecular weight excluding hydrogens is 334 g/mol. The largest absolute Gasteiger partial charge is 0.479 e. The molecule has 0 fully saturated rings. The van der Waals surface area contributed by atoms with Gasteiger partial charge < -0.3 is 19.1 Å². The van der Waals surface area contributed by atoms with Crippen LogP contribution in [0.15, 0.2) is 12.3 Å². The molecule has 0 aromatic carbocycles. The first-order valence-corrected chi connectivity index (χ1v) is 11.5. The summed E-state index contributed by atoms with van der Waals surface area (Å²) in [6, 6.07) is 2.54. The number of ether oxygens (including phenoxy) is 2. The lowest BCUT2D eigenvalue weighted by Crippen LogP contribution is -2.22. The number of rotatable bonds is 8. The molecule has 0 amide bonds. The zero-order valence-corrected chi connectivity index (χ0v) is 15.5. The van der Waals surface area contributed by atoms with Crippen molar-refractivity contribution < 1.29 is 23.4 Å². The zero-order chi connectivity index (χ0) is 17.9. The van der Waals surface area contributed by atoms with Gasteiger partial charge in [0, 0.05) is 37.5 Å². The Kier molecular flexibility index (Phi) is 5.95. The Bertz CT molecular complexity index is 699. The molecule has 0 aliphatic carbocycles. The predicted molar refractivity (Wildman–Crippen MR) is 91.3 cm³/mol. The molecule has 0 saturated carbocycles. The van der Waals surface area contributed by atoms with Crippen LogP contribution in [-0.2, 0) is 18.1 Å². The van der Waals surface area contributed by atoms with Crippen LogP contribution in [0, 0.1) is 0 Å². The smallest absolute Gasteiger partial charge is 0.265 e. The van der Waals surface area contributed by atoms with E-state index in [1.807, 2.05) is 0 Å². The molecule has 1 N–H and O–H groups in total. The summed E-state index contributed by atoms with van der Waals surface area (Å²) in [5, 5.41) is 9.91. The van der Waals surface area contributed by atoms with Crippen LogP contribution in [0.3, 0.4) is 0 Å². The molecule has 134 valence electrons. The van der Waals surface area contributed by atoms with E-state index in [0.29, 0.717) is 23.2 Å². The van der Waals surface area contributed by atoms with Crippen molar-refractivity contribution in [2.24, 2.45) is 0 Å². The van der Waals surface area contributed by atoms with Gasteiger partial charge in [-0.15, -0.1) is 0 Å². The molecule has 5 nitrogen and oxygen atoms in total. The number of alkyl halides is 2. The van der Waals surface area contributed by atoms with Gasteiger partial charge in [-0.3, -0.25) is 0 Å². The Hall–Kier alpha value is -1.51. The molecule has 0 saturated heterocycles. The summed E-state index contributed by atoms with van der Waals surface area (Å²) in [6.45, 7) is 7.23. The van der Waals surface area contributed by atoms with Crippen LogP contribution in [0.5, 0.6) is 5.88 Å². The van der Waals surface area contributed by atoms with Crippen LogP contribution >= 0.6 is 0 Å². The van der Waals surface area contributed by atoms with Crippen molar-refractivity contribution >= 4 is 19.0 Å². The first-order valence-electron chi connectivity index (χ1n) is 7.80. The van der Waals surface area contributed by atoms with E-state index < -0.39 is 14.5 Å². The van der Waals surface area contributed by atoms with Gasteiger partial charge in [0.05, 0.1) is 13.7 Å². The van der Waals surface area contributed by atoms with Gasteiger partial charge in [0.15, 0.2) is 0 Å². The molecule has 24 heavy (non-hydrogen) atoms. The zero-order valence-electron chi connectivity index (χ0n) is 14.5. The number of aromatic nitrogens is 2. The van der Waals surface area contributed by atoms with Crippen molar-refractivity contribution in [3.05, 3.63) is 23.5 Å². The molecule has 2 aromatic rings. The number of methoxy groups -OCH3 is 1. The second-order valence-corrected chi connectivity index (χ2v) is 12.5. The Morgan fingerprint density at radius 3 is 2.58 bits per heavy atom. The molecule has 2 aromatic heterocycles. The van der Waals surface area contributed by atoms with E-state index in [1.54, 1.807) is 10.6 Å². The molecule has 0 atom stereocenters. The van der Waals surface area contributed by atoms with Gasteiger partial charge in [0.2, 0.25) is 5.88 Å². The average molecular weight is 358 g/mol. The molecule has 0 aliphatic heterocycles. The summed E-state index contributed by atoms with van der Waals surface area (Å²) in [5.41, 5.74) is 0.736. The van der Waals surface area contributed by atoms with Crippen molar-refractivity contribution in [3.8, 4) is 5.88 Å². The lowest BCUT2D eigenvalue weighted by Gasteiger charge is -2.17. The lowest BCUT2D eigenvalue weighted by atomic mass is 10.2. The molecular formula is C16H24F2N2O3Si. The van der Waals surface area contributed by atoms with E-state index in [0.717, 1.165) is 12.2 Å². The Labute approximate surface area is 141 Å². The van der Waals surface area contributed by atoms with E-state index in [4.69, 9.17) is 9.47 Å². The molecule has 0 aliphatic rings. The summed E-state index contributed by atoms with van der Waals surface area (Å²) in [7, 11) is 0.220. The van der Waals surface area contributed by atoms with Crippen molar-refractivity contribution in [1.29, 1.82) is 0 Å². The molecule has 0 radical (unpaired) electrons. The fourth-order valence-corrected chi connectivity index (χ4v) is 3.20. The quantitative estimate of drug-likeness (QED) is 0.576. The molecule has 2 rings (SSSR count). The number of halogens is 2. The van der Waals surface area contributed by atoms with E-state index in [9.17, 15) is 13.9 Å². The summed E-state index contributed by atoms with van der Waals surface area (Å²) in [5.74, 6) is 0.239. The highest BCUT2D eigenvalue weighted by molar-refractivity contribution is 6.76. The van der Waals surface area contributed by atoms with E-state index >= 15 is 0 Å². The standard InChI is InChI=1S/C16H24F2N2O3Si/c1-22-16-14-12(13(8-19-16)15(17)18)7-11(9-21)20(14)10-23-5-6-24(2,3)4/h7-8,15,21H,5-6,9-10H2,1-4H3. The van der Waals surface area contributed by atoms with Gasteiger partial charge in [-0.05, 0) is 12.1 Å². The van der Waals surface area contributed by atoms with E-state index in [-0.39, 0.29) is 24.8 Å². The average Bonchev–Trinajstić information content (AvgIpc) is 2.88. The van der Waals surface area contributed by atoms with Crippen LogP contribution < -0.4 is 4.74 Å².